The van der Waals surface area contributed by atoms with Gasteiger partial charge in [-0.15, -0.1) is 0 Å². The van der Waals surface area contributed by atoms with Gasteiger partial charge in [0.2, 0.25) is 5.91 Å². The molecule has 0 spiro atoms. The molecule has 6 nitrogen and oxygen atoms in total. The lowest BCUT2D eigenvalue weighted by atomic mass is 9.81. The minimum Gasteiger partial charge on any atom is -0.358 e. The summed E-state index contributed by atoms with van der Waals surface area (Å²) in [7, 11) is 0. The van der Waals surface area contributed by atoms with Crippen molar-refractivity contribution in [3.63, 3.8) is 0 Å². The fraction of sp³-hybridized carbons (Fsp3) is 0.625. The molecule has 1 aliphatic heterocycles. The van der Waals surface area contributed by atoms with Gasteiger partial charge in [0.15, 0.2) is 0 Å². The number of nitrogens with one attached hydrogen (secondary N) is 2. The van der Waals surface area contributed by atoms with Crippen molar-refractivity contribution in [2.24, 2.45) is 5.92 Å². The second kappa shape index (κ2) is 8.74. The van der Waals surface area contributed by atoms with Gasteiger partial charge in [0.25, 0.3) is 0 Å². The molecule has 180 valence electrons. The van der Waals surface area contributed by atoms with Gasteiger partial charge in [-0.1, -0.05) is 6.92 Å². The van der Waals surface area contributed by atoms with Crippen LogP contribution < -0.4 is 10.6 Å². The Kier molecular flexibility index (Phi) is 6.28. The first-order valence-corrected chi connectivity index (χ1v) is 11.6. The Labute approximate surface area is 192 Å². The molecule has 0 bridgehead atoms. The summed E-state index contributed by atoms with van der Waals surface area (Å²) in [6.07, 6.45) is 0.416. The van der Waals surface area contributed by atoms with Gasteiger partial charge in [0, 0.05) is 29.6 Å². The largest absolute Gasteiger partial charge is 0.416 e. The molecule has 33 heavy (non-hydrogen) atoms. The average Bonchev–Trinajstić information content (AvgIpc) is 3.06. The summed E-state index contributed by atoms with van der Waals surface area (Å²) >= 11 is 0. The summed E-state index contributed by atoms with van der Waals surface area (Å²) in [4.78, 5) is 23.4. The van der Waals surface area contributed by atoms with Crippen molar-refractivity contribution >= 4 is 22.6 Å². The molecule has 2 N–H and O–H groups in total. The van der Waals surface area contributed by atoms with Gasteiger partial charge in [-0.05, 0) is 70.6 Å². The number of fused-ring (bicyclic) bond motifs is 1. The highest BCUT2D eigenvalue weighted by molar-refractivity contribution is 5.93. The molecule has 1 saturated heterocycles. The van der Waals surface area contributed by atoms with Crippen molar-refractivity contribution in [1.82, 2.24) is 20.2 Å². The van der Waals surface area contributed by atoms with E-state index in [9.17, 15) is 18.0 Å². The summed E-state index contributed by atoms with van der Waals surface area (Å²) < 4.78 is 39.6. The lowest BCUT2D eigenvalue weighted by molar-refractivity contribution is -0.137. The number of carbonyl (C=O) groups is 1. The molecule has 1 saturated carbocycles. The molecule has 9 heteroatoms. The molecule has 1 amide bonds. The third-order valence-electron chi connectivity index (χ3n) is 6.67. The summed E-state index contributed by atoms with van der Waals surface area (Å²) in [6.45, 7) is 9.33. The number of benzene rings is 1. The van der Waals surface area contributed by atoms with E-state index < -0.39 is 17.8 Å². The maximum Gasteiger partial charge on any atom is 0.416 e. The van der Waals surface area contributed by atoms with Gasteiger partial charge in [-0.2, -0.15) is 13.2 Å². The number of anilines is 1. The van der Waals surface area contributed by atoms with E-state index in [1.165, 1.54) is 12.4 Å². The zero-order valence-corrected chi connectivity index (χ0v) is 19.5. The van der Waals surface area contributed by atoms with Gasteiger partial charge < -0.3 is 15.5 Å². The average molecular weight is 464 g/mol. The number of nitrogens with zero attached hydrogens (tertiary/aromatic N) is 3. The van der Waals surface area contributed by atoms with E-state index >= 15 is 0 Å². The second-order valence-corrected chi connectivity index (χ2v) is 10.4. The zero-order chi connectivity index (χ0) is 24.0. The molecule has 4 rings (SSSR count). The summed E-state index contributed by atoms with van der Waals surface area (Å²) in [5.41, 5.74) is -0.301. The minimum absolute atomic E-state index is 0.00665. The maximum atomic E-state index is 13.3. The number of hydrogen-bond acceptors (Lipinski definition) is 5. The van der Waals surface area contributed by atoms with Crippen LogP contribution in [0.1, 0.15) is 58.9 Å². The van der Waals surface area contributed by atoms with Crippen molar-refractivity contribution in [3.8, 4) is 0 Å². The lowest BCUT2D eigenvalue weighted by Crippen LogP contribution is -2.52. The van der Waals surface area contributed by atoms with E-state index in [2.05, 4.69) is 48.3 Å². The highest BCUT2D eigenvalue weighted by Gasteiger charge is 2.41. The fourth-order valence-corrected chi connectivity index (χ4v) is 5.26. The molecular formula is C24H32F3N5O. The Balaban J connectivity index is 1.47. The quantitative estimate of drug-likeness (QED) is 0.693. The first-order chi connectivity index (χ1) is 15.4. The van der Waals surface area contributed by atoms with Crippen molar-refractivity contribution in [2.75, 3.05) is 11.9 Å². The first-order valence-electron chi connectivity index (χ1n) is 11.6. The Morgan fingerprint density at radius 3 is 2.52 bits per heavy atom. The van der Waals surface area contributed by atoms with Gasteiger partial charge in [0.1, 0.15) is 18.2 Å². The number of hydrogen-bond donors (Lipinski definition) is 2. The number of likely N-dealkylation sites (tertiary alicyclic amines) is 1. The third-order valence-corrected chi connectivity index (χ3v) is 6.67. The predicted octanol–water partition coefficient (Wildman–Crippen LogP) is 4.61. The smallest absolute Gasteiger partial charge is 0.358 e. The van der Waals surface area contributed by atoms with E-state index in [1.54, 1.807) is 0 Å². The molecule has 1 aromatic heterocycles. The summed E-state index contributed by atoms with van der Waals surface area (Å²) in [5.74, 6) is 0.626. The highest BCUT2D eigenvalue weighted by atomic mass is 19.4. The van der Waals surface area contributed by atoms with E-state index in [0.29, 0.717) is 30.4 Å². The molecule has 2 aromatic rings. The molecule has 1 aromatic carbocycles. The van der Waals surface area contributed by atoms with Crippen LogP contribution in [0.2, 0.25) is 0 Å². The van der Waals surface area contributed by atoms with E-state index in [1.807, 2.05) is 4.90 Å². The Hall–Kier alpha value is -2.42. The molecular weight excluding hydrogens is 431 g/mol. The maximum absolute atomic E-state index is 13.3. The summed E-state index contributed by atoms with van der Waals surface area (Å²) in [5, 5.41) is 7.05. The van der Waals surface area contributed by atoms with Gasteiger partial charge in [-0.25, -0.2) is 9.97 Å². The Morgan fingerprint density at radius 2 is 1.85 bits per heavy atom. The predicted molar refractivity (Wildman–Crippen MR) is 122 cm³/mol. The van der Waals surface area contributed by atoms with Crippen molar-refractivity contribution < 1.29 is 18.0 Å². The third kappa shape index (κ3) is 5.23. The van der Waals surface area contributed by atoms with E-state index in [0.717, 1.165) is 31.4 Å². The van der Waals surface area contributed by atoms with Crippen LogP contribution in [0.25, 0.3) is 10.9 Å². The normalized spacial score (nSPS) is 26.8. The fourth-order valence-electron chi connectivity index (χ4n) is 5.26. The first kappa shape index (κ1) is 23.7. The molecule has 1 aliphatic carbocycles. The van der Waals surface area contributed by atoms with Crippen LogP contribution in [0, 0.1) is 5.92 Å². The van der Waals surface area contributed by atoms with Crippen molar-refractivity contribution in [3.05, 3.63) is 30.1 Å². The zero-order valence-electron chi connectivity index (χ0n) is 19.5. The lowest BCUT2D eigenvalue weighted by Gasteiger charge is -2.41. The van der Waals surface area contributed by atoms with E-state index in [-0.39, 0.29) is 28.7 Å². The molecule has 2 heterocycles. The molecule has 0 radical (unpaired) electrons. The Bertz CT molecular complexity index is 1020. The van der Waals surface area contributed by atoms with Crippen LogP contribution in [0.4, 0.5) is 19.0 Å². The second-order valence-electron chi connectivity index (χ2n) is 10.4. The van der Waals surface area contributed by atoms with Crippen LogP contribution in [-0.2, 0) is 11.0 Å². The number of rotatable bonds is 4. The summed E-state index contributed by atoms with van der Waals surface area (Å²) in [6, 6.07) is 3.50. The molecule has 2 fully saturated rings. The van der Waals surface area contributed by atoms with Crippen molar-refractivity contribution in [1.29, 1.82) is 0 Å². The van der Waals surface area contributed by atoms with Gasteiger partial charge in [0.05, 0.1) is 11.1 Å². The minimum atomic E-state index is -4.46. The van der Waals surface area contributed by atoms with Gasteiger partial charge >= 0.3 is 6.18 Å². The van der Waals surface area contributed by atoms with E-state index in [4.69, 9.17) is 0 Å². The van der Waals surface area contributed by atoms with Crippen LogP contribution in [0.5, 0.6) is 0 Å². The van der Waals surface area contributed by atoms with Gasteiger partial charge in [-0.3, -0.25) is 4.79 Å². The van der Waals surface area contributed by atoms with Crippen LogP contribution in [-0.4, -0.2) is 51.0 Å². The van der Waals surface area contributed by atoms with Crippen molar-refractivity contribution in [2.45, 2.75) is 83.2 Å². The number of carbonyl (C=O) groups excluding carboxylic acids is 1. The number of amides is 1. The monoisotopic (exact) mass is 463 g/mol. The Morgan fingerprint density at radius 1 is 1.09 bits per heavy atom. The number of aromatic nitrogens is 2. The number of halogens is 3. The molecule has 0 unspecified atom stereocenters. The van der Waals surface area contributed by atoms with Crippen LogP contribution in [0.15, 0.2) is 24.5 Å². The highest BCUT2D eigenvalue weighted by Crippen LogP contribution is 2.35. The standard InChI is InChI=1S/C24H32F3N5O/c1-14-11-16(31-23(2,3)4)6-8-20(14)32-10-9-19(22(32)33)30-21-17-12-15(24(25,26)27)5-7-18(17)28-13-29-21/h5,7,12-14,16,19-20,31H,6,8-11H2,1-4H3,(H,28,29,30)/t14-,16-,19+,20+/m1/s1. The molecule has 4 atom stereocenters. The number of alkyl halides is 3. The molecule has 2 aliphatic rings. The SMILES string of the molecule is C[C@@H]1C[C@H](NC(C)(C)C)CC[C@@H]1N1CC[C@H](Nc2ncnc3ccc(C(F)(F)F)cc23)C1=O. The van der Waals surface area contributed by atoms with Crippen LogP contribution >= 0.6 is 0 Å². The topological polar surface area (TPSA) is 70.2 Å². The van der Waals surface area contributed by atoms with Crippen LogP contribution in [0.3, 0.4) is 0 Å².